The number of carbonyl (C=O) groups is 6. The quantitative estimate of drug-likeness (QED) is 0.0497. The molecular formula is C84H78O12. The van der Waals surface area contributed by atoms with Crippen LogP contribution in [0.2, 0.25) is 0 Å². The van der Waals surface area contributed by atoms with E-state index in [4.69, 9.17) is 30.6 Å². The molecule has 0 aromatic heterocycles. The Morgan fingerprint density at radius 2 is 0.312 bits per heavy atom. The van der Waals surface area contributed by atoms with Gasteiger partial charge < -0.3 is 30.6 Å². The number of benzene rings is 7. The molecule has 0 bridgehead atoms. The minimum Gasteiger partial charge on any atom is -0.478 e. The molecular weight excluding hydrogens is 1200 g/mol. The van der Waals surface area contributed by atoms with Crippen LogP contribution in [0.15, 0.2) is 182 Å². The maximum Gasteiger partial charge on any atom is 0.328 e. The normalized spacial score (nSPS) is 9.62. The van der Waals surface area contributed by atoms with Gasteiger partial charge in [0.05, 0.1) is 0 Å². The largest absolute Gasteiger partial charge is 0.478 e. The molecule has 0 atom stereocenters. The van der Waals surface area contributed by atoms with Crippen molar-refractivity contribution in [1.29, 1.82) is 0 Å². The molecule has 12 nitrogen and oxygen atoms in total. The zero-order chi connectivity index (χ0) is 71.8. The first-order valence-electron chi connectivity index (χ1n) is 30.9. The van der Waals surface area contributed by atoms with Gasteiger partial charge in [-0.2, -0.15) is 0 Å². The van der Waals surface area contributed by atoms with Crippen LogP contribution in [0.25, 0.3) is 36.5 Å². The minimum absolute atomic E-state index is 0.529. The van der Waals surface area contributed by atoms with Gasteiger partial charge >= 0.3 is 35.8 Å². The summed E-state index contributed by atoms with van der Waals surface area (Å²) in [6.45, 7) is 24.0. The summed E-state index contributed by atoms with van der Waals surface area (Å²) in [5.41, 5.74) is 10.8. The first-order chi connectivity index (χ1) is 46.4. The molecule has 0 amide bonds. The Balaban J connectivity index is 0.00000363. The zero-order valence-electron chi connectivity index (χ0n) is 55.9. The predicted octanol–water partition coefficient (Wildman–Crippen LogP) is 16.8. The van der Waals surface area contributed by atoms with E-state index in [1.807, 2.05) is 138 Å². The van der Waals surface area contributed by atoms with Crippen LogP contribution >= 0.6 is 0 Å². The van der Waals surface area contributed by atoms with Crippen molar-refractivity contribution in [2.75, 3.05) is 0 Å². The van der Waals surface area contributed by atoms with Gasteiger partial charge in [-0.25, -0.2) is 28.8 Å². The smallest absolute Gasteiger partial charge is 0.328 e. The standard InChI is InChI=1S/C72H42O12.6C2H6/c73-67(74)31-25-61-40-58(41-62(46-61)26-32-68(75)76)22-16-52-7-1-49(2-8-52)13-19-55-37-56(20-14-50-3-9-53(10-4-50)17-23-59-42-63(27-33-69(77)78)47-64(43-59)28-34-70(79)80)39-57(38-55)21-15-51-5-11-54(12-6-51)18-24-60-44-65(29-35-71(81)82)48-66(45-60)30-36-72(83)84;6*1-2/h1-12,25-48H,(H,73,74)(H,75,76)(H,77,78)(H,79,80)(H,81,82)(H,83,84);6*1-2H3/b31-25+,32-26+,33-27+,34-28+,35-29+,36-30+;;;;;;. The fourth-order valence-corrected chi connectivity index (χ4v) is 7.45. The number of hydrogen-bond acceptors (Lipinski definition) is 6. The maximum absolute atomic E-state index is 11.2. The van der Waals surface area contributed by atoms with Crippen molar-refractivity contribution in [1.82, 2.24) is 0 Å². The van der Waals surface area contributed by atoms with Crippen LogP contribution in [-0.2, 0) is 28.8 Å². The van der Waals surface area contributed by atoms with Gasteiger partial charge in [0.1, 0.15) is 0 Å². The highest BCUT2D eigenvalue weighted by molar-refractivity contribution is 5.89. The highest BCUT2D eigenvalue weighted by Gasteiger charge is 2.04. The fraction of sp³-hybridized carbons (Fsp3) is 0.143. The Bertz CT molecular complexity index is 3790. The second-order valence-electron chi connectivity index (χ2n) is 17.7. The third-order valence-corrected chi connectivity index (χ3v) is 11.1. The third kappa shape index (κ3) is 33.3. The first kappa shape index (κ1) is 81.2. The average molecular weight is 1280 g/mol. The molecule has 6 N–H and O–H groups in total. The summed E-state index contributed by atoms with van der Waals surface area (Å²) >= 11 is 0. The van der Waals surface area contributed by atoms with E-state index < -0.39 is 35.8 Å². The molecule has 7 aromatic carbocycles. The van der Waals surface area contributed by atoms with Crippen molar-refractivity contribution >= 4 is 72.3 Å². The topological polar surface area (TPSA) is 224 Å². The molecule has 96 heavy (non-hydrogen) atoms. The summed E-state index contributed by atoms with van der Waals surface area (Å²) in [5, 5.41) is 54.7. The van der Waals surface area contributed by atoms with Gasteiger partial charge in [0, 0.05) is 103 Å². The zero-order valence-corrected chi connectivity index (χ0v) is 55.9. The summed E-state index contributed by atoms with van der Waals surface area (Å²) in [7, 11) is 0. The highest BCUT2D eigenvalue weighted by atomic mass is 16.4. The van der Waals surface area contributed by atoms with Gasteiger partial charge in [0.2, 0.25) is 0 Å². The number of carboxylic acid groups (broad SMARTS) is 6. The predicted molar refractivity (Wildman–Crippen MR) is 389 cm³/mol. The van der Waals surface area contributed by atoms with E-state index in [0.29, 0.717) is 100 Å². The molecule has 0 saturated heterocycles. The molecule has 0 saturated carbocycles. The van der Waals surface area contributed by atoms with Crippen molar-refractivity contribution in [3.05, 3.63) is 282 Å². The van der Waals surface area contributed by atoms with Crippen LogP contribution in [0.1, 0.15) is 183 Å². The van der Waals surface area contributed by atoms with Gasteiger partial charge in [0.15, 0.2) is 0 Å². The van der Waals surface area contributed by atoms with Crippen molar-refractivity contribution in [3.8, 4) is 71.0 Å². The molecule has 0 fully saturated rings. The van der Waals surface area contributed by atoms with E-state index in [0.717, 1.165) is 36.5 Å². The molecule has 7 rings (SSSR count). The Kier molecular flexibility index (Phi) is 39.8. The Labute approximate surface area is 565 Å². The number of carboxylic acids is 6. The summed E-state index contributed by atoms with van der Waals surface area (Å²) in [6, 6.07) is 42.4. The lowest BCUT2D eigenvalue weighted by Gasteiger charge is -2.00. The van der Waals surface area contributed by atoms with Gasteiger partial charge in [-0.3, -0.25) is 0 Å². The monoisotopic (exact) mass is 1280 g/mol. The molecule has 0 spiro atoms. The molecule has 0 aliphatic carbocycles. The lowest BCUT2D eigenvalue weighted by Crippen LogP contribution is -1.89. The molecule has 0 unspecified atom stereocenters. The van der Waals surface area contributed by atoms with Gasteiger partial charge in [0.25, 0.3) is 0 Å². The average Bonchev–Trinajstić information content (AvgIpc) is 1.19. The molecule has 0 heterocycles. The van der Waals surface area contributed by atoms with Crippen molar-refractivity contribution < 1.29 is 59.4 Å². The van der Waals surface area contributed by atoms with Crippen LogP contribution in [0, 0.1) is 71.0 Å². The Morgan fingerprint density at radius 1 is 0.198 bits per heavy atom. The first-order valence-corrected chi connectivity index (χ1v) is 30.9. The van der Waals surface area contributed by atoms with Gasteiger partial charge in [-0.1, -0.05) is 154 Å². The molecule has 12 heteroatoms. The van der Waals surface area contributed by atoms with Gasteiger partial charge in [-0.05, 0) is 215 Å². The third-order valence-electron chi connectivity index (χ3n) is 11.1. The van der Waals surface area contributed by atoms with Gasteiger partial charge in [-0.15, -0.1) is 0 Å². The molecule has 0 radical (unpaired) electrons. The van der Waals surface area contributed by atoms with Crippen LogP contribution in [0.3, 0.4) is 0 Å². The fourth-order valence-electron chi connectivity index (χ4n) is 7.45. The van der Waals surface area contributed by atoms with Crippen molar-refractivity contribution in [2.24, 2.45) is 0 Å². The highest BCUT2D eigenvalue weighted by Crippen LogP contribution is 2.18. The molecule has 0 aliphatic heterocycles. The summed E-state index contributed by atoms with van der Waals surface area (Å²) in [6.07, 6.45) is 14.3. The maximum atomic E-state index is 11.2. The number of rotatable bonds is 12. The lowest BCUT2D eigenvalue weighted by molar-refractivity contribution is -0.132. The van der Waals surface area contributed by atoms with E-state index in [1.54, 1.807) is 91.0 Å². The van der Waals surface area contributed by atoms with Crippen molar-refractivity contribution in [3.63, 3.8) is 0 Å². The summed E-state index contributed by atoms with van der Waals surface area (Å²) in [4.78, 5) is 66.9. The van der Waals surface area contributed by atoms with Crippen LogP contribution in [0.4, 0.5) is 0 Å². The van der Waals surface area contributed by atoms with E-state index in [1.165, 1.54) is 36.5 Å². The molecule has 0 aliphatic rings. The van der Waals surface area contributed by atoms with E-state index in [-0.39, 0.29) is 0 Å². The Morgan fingerprint density at radius 3 is 0.438 bits per heavy atom. The minimum atomic E-state index is -1.13. The SMILES string of the molecule is CC.CC.CC.CC.CC.CC.O=C(O)/C=C/c1cc(C#Cc2ccc(C#Cc3cc(C#Cc4ccc(C#Cc5cc(/C=C/C(=O)O)cc(/C=C/C(=O)O)c5)cc4)cc(C#Cc4ccc(C#Cc5cc(/C=C/C(=O)O)cc(/C=C/C(=O)O)c5)cc4)c3)cc2)cc(/C=C/C(=O)O)c1. The molecule has 486 valence electrons. The van der Waals surface area contributed by atoms with E-state index in [2.05, 4.69) is 71.0 Å². The second-order valence-corrected chi connectivity index (χ2v) is 17.7. The van der Waals surface area contributed by atoms with E-state index >= 15 is 0 Å². The number of aliphatic carboxylic acids is 6. The lowest BCUT2D eigenvalue weighted by atomic mass is 10.0. The second kappa shape index (κ2) is 47.1. The molecule has 7 aromatic rings. The van der Waals surface area contributed by atoms with Crippen LogP contribution in [0.5, 0.6) is 0 Å². The summed E-state index contributed by atoms with van der Waals surface area (Å²) < 4.78 is 0. The number of hydrogen-bond donors (Lipinski definition) is 6. The van der Waals surface area contributed by atoms with E-state index in [9.17, 15) is 28.8 Å². The van der Waals surface area contributed by atoms with Crippen LogP contribution in [-0.4, -0.2) is 66.5 Å². The van der Waals surface area contributed by atoms with Crippen molar-refractivity contribution in [2.45, 2.75) is 83.1 Å². The Hall–Kier alpha value is -12.8. The summed E-state index contributed by atoms with van der Waals surface area (Å²) in [5.74, 6) is 31.0. The van der Waals surface area contributed by atoms with Crippen LogP contribution < -0.4 is 0 Å².